The fourth-order valence-electron chi connectivity index (χ4n) is 2.93. The Hall–Kier alpha value is -2.39. The van der Waals surface area contributed by atoms with Crippen molar-refractivity contribution in [2.45, 2.75) is 5.75 Å². The van der Waals surface area contributed by atoms with Crippen molar-refractivity contribution in [3.8, 4) is 0 Å². The minimum atomic E-state index is -3.88. The zero-order valence-electron chi connectivity index (χ0n) is 14.0. The van der Waals surface area contributed by atoms with Crippen molar-refractivity contribution in [2.75, 3.05) is 17.8 Å². The molecule has 0 atom stereocenters. The molecule has 0 aromatic heterocycles. The smallest absolute Gasteiger partial charge is 0.237 e. The molecule has 0 amide bonds. The number of anilines is 1. The van der Waals surface area contributed by atoms with Crippen LogP contribution in [-0.2, 0) is 15.8 Å². The van der Waals surface area contributed by atoms with Gasteiger partial charge in [-0.05, 0) is 35.9 Å². The molecule has 2 aliphatic heterocycles. The van der Waals surface area contributed by atoms with Crippen LogP contribution in [0.3, 0.4) is 0 Å². The Kier molecular flexibility index (Phi) is 4.65. The minimum Gasteiger partial charge on any atom is -0.318 e. The summed E-state index contributed by atoms with van der Waals surface area (Å²) in [6.07, 6.45) is 0. The number of hydrogen-bond donors (Lipinski definition) is 1. The van der Waals surface area contributed by atoms with Crippen molar-refractivity contribution in [1.82, 2.24) is 4.90 Å². The second-order valence-electron chi connectivity index (χ2n) is 6.11. The number of nitrogens with one attached hydrogen (secondary N) is 1. The molecule has 2 aromatic carbocycles. The summed E-state index contributed by atoms with van der Waals surface area (Å²) in [6, 6.07) is 9.67. The van der Waals surface area contributed by atoms with E-state index in [1.165, 1.54) is 0 Å². The van der Waals surface area contributed by atoms with Crippen LogP contribution in [0.2, 0.25) is 0 Å². The van der Waals surface area contributed by atoms with E-state index in [9.17, 15) is 17.2 Å². The summed E-state index contributed by atoms with van der Waals surface area (Å²) >= 11 is 1.57. The Balaban J connectivity index is 1.48. The van der Waals surface area contributed by atoms with Gasteiger partial charge in [0.15, 0.2) is 5.17 Å². The van der Waals surface area contributed by atoms with E-state index in [2.05, 4.69) is 14.6 Å². The van der Waals surface area contributed by atoms with Gasteiger partial charge >= 0.3 is 0 Å². The number of amidine groups is 1. The maximum Gasteiger partial charge on any atom is 0.237 e. The Morgan fingerprint density at radius 3 is 2.70 bits per heavy atom. The van der Waals surface area contributed by atoms with Crippen LogP contribution in [0.4, 0.5) is 14.5 Å². The number of nitrogens with zero attached hydrogens (tertiary/aromatic N) is 2. The molecule has 0 unspecified atom stereocenters. The maximum atomic E-state index is 13.7. The van der Waals surface area contributed by atoms with Gasteiger partial charge in [0.05, 0.1) is 18.0 Å². The van der Waals surface area contributed by atoms with Gasteiger partial charge in [-0.3, -0.25) is 9.71 Å². The third-order valence-electron chi connectivity index (χ3n) is 4.18. The molecular weight excluding hydrogens is 392 g/mol. The molecule has 0 aliphatic carbocycles. The van der Waals surface area contributed by atoms with E-state index >= 15 is 0 Å². The Morgan fingerprint density at radius 2 is 1.93 bits per heavy atom. The highest BCUT2D eigenvalue weighted by Gasteiger charge is 2.27. The normalized spacial score (nSPS) is 16.1. The van der Waals surface area contributed by atoms with Crippen molar-refractivity contribution < 1.29 is 17.2 Å². The van der Waals surface area contributed by atoms with Crippen LogP contribution in [0.5, 0.6) is 0 Å². The lowest BCUT2D eigenvalue weighted by molar-refractivity contribution is 0.581. The van der Waals surface area contributed by atoms with Gasteiger partial charge in [0.2, 0.25) is 10.0 Å². The molecule has 2 heterocycles. The largest absolute Gasteiger partial charge is 0.318 e. The van der Waals surface area contributed by atoms with Gasteiger partial charge in [-0.1, -0.05) is 23.9 Å². The zero-order valence-corrected chi connectivity index (χ0v) is 15.7. The van der Waals surface area contributed by atoms with E-state index in [-0.39, 0.29) is 5.56 Å². The number of sulfonamides is 1. The van der Waals surface area contributed by atoms with Crippen LogP contribution in [0.1, 0.15) is 11.1 Å². The first kappa shape index (κ1) is 18.0. The van der Waals surface area contributed by atoms with Gasteiger partial charge in [-0.25, -0.2) is 17.2 Å². The molecule has 9 heteroatoms. The first-order chi connectivity index (χ1) is 12.9. The summed E-state index contributed by atoms with van der Waals surface area (Å²) in [5, 5.41) is 3.00. The van der Waals surface area contributed by atoms with Crippen LogP contribution in [0.15, 0.2) is 52.9 Å². The molecule has 0 fully saturated rings. The molecule has 1 N–H and O–H groups in total. The predicted octanol–water partition coefficient (Wildman–Crippen LogP) is 3.62. The predicted molar refractivity (Wildman–Crippen MR) is 104 cm³/mol. The highest BCUT2D eigenvalue weighted by molar-refractivity contribution is 8.16. The molecule has 0 radical (unpaired) electrons. The van der Waals surface area contributed by atoms with Gasteiger partial charge in [0, 0.05) is 23.2 Å². The van der Waals surface area contributed by atoms with Gasteiger partial charge < -0.3 is 4.90 Å². The number of aliphatic imine (C=N–C) groups is 1. The number of fused-ring (bicyclic) bond motifs is 1. The lowest BCUT2D eigenvalue weighted by Crippen LogP contribution is -2.20. The summed E-state index contributed by atoms with van der Waals surface area (Å²) in [7, 11) is -3.88. The van der Waals surface area contributed by atoms with Crippen molar-refractivity contribution in [1.29, 1.82) is 0 Å². The van der Waals surface area contributed by atoms with Crippen molar-refractivity contribution in [3.63, 3.8) is 0 Å². The molecule has 0 saturated heterocycles. The quantitative estimate of drug-likeness (QED) is 0.822. The maximum absolute atomic E-state index is 13.7. The molecule has 0 spiro atoms. The molecule has 2 aromatic rings. The molecular formula is C18H15F2N3O2S2. The standard InChI is InChI=1S/C18H15F2N3O2S2/c19-14-3-6-16(20)13(9-14)11-27(24,25)22-15-4-1-12(2-5-15)17-10-26-18-21-7-8-23(17)18/h1-6,9-10,22H,7-8,11H2. The number of hydrogen-bond acceptors (Lipinski definition) is 5. The van der Waals surface area contributed by atoms with E-state index in [1.807, 2.05) is 17.5 Å². The summed E-state index contributed by atoms with van der Waals surface area (Å²) < 4.78 is 53.9. The third-order valence-corrected chi connectivity index (χ3v) is 6.31. The van der Waals surface area contributed by atoms with Crippen molar-refractivity contribution >= 4 is 38.3 Å². The Morgan fingerprint density at radius 1 is 1.15 bits per heavy atom. The van der Waals surface area contributed by atoms with E-state index in [0.29, 0.717) is 5.69 Å². The van der Waals surface area contributed by atoms with Crippen LogP contribution in [-0.4, -0.2) is 31.6 Å². The van der Waals surface area contributed by atoms with Gasteiger partial charge in [0.1, 0.15) is 11.6 Å². The third kappa shape index (κ3) is 3.84. The topological polar surface area (TPSA) is 61.8 Å². The number of halogens is 2. The van der Waals surface area contributed by atoms with Crippen molar-refractivity contribution in [3.05, 3.63) is 70.6 Å². The fourth-order valence-corrected chi connectivity index (χ4v) is 5.09. The second kappa shape index (κ2) is 6.97. The van der Waals surface area contributed by atoms with E-state index in [4.69, 9.17) is 0 Å². The lowest BCUT2D eigenvalue weighted by atomic mass is 10.1. The van der Waals surface area contributed by atoms with Crippen LogP contribution in [0.25, 0.3) is 5.70 Å². The van der Waals surface area contributed by atoms with Crippen LogP contribution >= 0.6 is 11.8 Å². The SMILES string of the molecule is O=S(=O)(Cc1cc(F)ccc1F)Nc1ccc(C2=CSC3=NCCN23)cc1. The molecule has 0 saturated carbocycles. The van der Waals surface area contributed by atoms with Crippen LogP contribution < -0.4 is 4.72 Å². The summed E-state index contributed by atoms with van der Waals surface area (Å²) in [4.78, 5) is 6.52. The van der Waals surface area contributed by atoms with Gasteiger partial charge in [-0.2, -0.15) is 0 Å². The lowest BCUT2D eigenvalue weighted by Gasteiger charge is -2.17. The molecule has 140 valence electrons. The number of rotatable bonds is 5. The number of benzene rings is 2. The highest BCUT2D eigenvalue weighted by atomic mass is 32.2. The molecule has 2 aliphatic rings. The Bertz CT molecular complexity index is 1050. The number of thioether (sulfide) groups is 1. The first-order valence-corrected chi connectivity index (χ1v) is 10.7. The first-order valence-electron chi connectivity index (χ1n) is 8.15. The molecule has 0 bridgehead atoms. The van der Waals surface area contributed by atoms with Gasteiger partial charge in [0.25, 0.3) is 0 Å². The van der Waals surface area contributed by atoms with Crippen LogP contribution in [0, 0.1) is 11.6 Å². The monoisotopic (exact) mass is 407 g/mol. The summed E-state index contributed by atoms with van der Waals surface area (Å²) in [6.45, 7) is 1.61. The molecule has 5 nitrogen and oxygen atoms in total. The average Bonchev–Trinajstić information content (AvgIpc) is 3.22. The van der Waals surface area contributed by atoms with E-state index < -0.39 is 27.4 Å². The summed E-state index contributed by atoms with van der Waals surface area (Å²) in [5.41, 5.74) is 2.13. The van der Waals surface area contributed by atoms with Crippen molar-refractivity contribution in [2.24, 2.45) is 4.99 Å². The fraction of sp³-hybridized carbons (Fsp3) is 0.167. The van der Waals surface area contributed by atoms with Gasteiger partial charge in [-0.15, -0.1) is 0 Å². The zero-order chi connectivity index (χ0) is 19.0. The minimum absolute atomic E-state index is 0.215. The molecule has 4 rings (SSSR count). The summed E-state index contributed by atoms with van der Waals surface area (Å²) in [5.74, 6) is -2.09. The second-order valence-corrected chi connectivity index (χ2v) is 8.67. The Labute approximate surface area is 159 Å². The molecule has 27 heavy (non-hydrogen) atoms. The average molecular weight is 407 g/mol. The van der Waals surface area contributed by atoms with E-state index in [1.54, 1.807) is 23.9 Å². The van der Waals surface area contributed by atoms with E-state index in [0.717, 1.165) is 47.7 Å². The highest BCUT2D eigenvalue weighted by Crippen LogP contribution is 2.35.